The molecule has 19 nitrogen and oxygen atoms in total. The zero-order chi connectivity index (χ0) is 48.5. The SMILES string of the molecule is O=C1CCC(N2C(=O)c3cccc(NCCOCCOCCOCCOCCOCCOCCC(=O)N4CCN(C(=O)c5cc(CC6=NCC(=O)c7ccccc76)ccc5F)CC4)c3C2=O)C(=O)N1. The van der Waals surface area contributed by atoms with Gasteiger partial charge in [-0.05, 0) is 36.2 Å². The van der Waals surface area contributed by atoms with Crippen LogP contribution >= 0.6 is 0 Å². The van der Waals surface area contributed by atoms with Crippen LogP contribution in [0.5, 0.6) is 0 Å². The van der Waals surface area contributed by atoms with Gasteiger partial charge in [-0.2, -0.15) is 0 Å². The average Bonchev–Trinajstić information content (AvgIpc) is 3.61. The van der Waals surface area contributed by atoms with Crippen LogP contribution in [-0.2, 0) is 49.2 Å². The van der Waals surface area contributed by atoms with Gasteiger partial charge in [0.2, 0.25) is 17.7 Å². The summed E-state index contributed by atoms with van der Waals surface area (Å²) in [6.07, 6.45) is 0.682. The van der Waals surface area contributed by atoms with Gasteiger partial charge in [-0.15, -0.1) is 0 Å². The molecule has 3 aromatic carbocycles. The molecule has 0 aromatic heterocycles. The largest absolute Gasteiger partial charge is 0.382 e. The number of benzene rings is 3. The highest BCUT2D eigenvalue weighted by Crippen LogP contribution is 2.32. The Balaban J connectivity index is 0.642. The quantitative estimate of drug-likeness (QED) is 0.0872. The Hall–Kier alpha value is -6.29. The van der Waals surface area contributed by atoms with Crippen molar-refractivity contribution in [2.45, 2.75) is 31.7 Å². The van der Waals surface area contributed by atoms with Gasteiger partial charge in [0.25, 0.3) is 17.7 Å². The third-order valence-corrected chi connectivity index (χ3v) is 11.9. The molecule has 2 saturated heterocycles. The van der Waals surface area contributed by atoms with Gasteiger partial charge in [-0.3, -0.25) is 48.8 Å². The number of hydrogen-bond acceptors (Lipinski definition) is 15. The molecule has 2 fully saturated rings. The van der Waals surface area contributed by atoms with Crippen LogP contribution < -0.4 is 10.6 Å². The highest BCUT2D eigenvalue weighted by Gasteiger charge is 2.45. The van der Waals surface area contributed by atoms with E-state index in [4.69, 9.17) is 28.4 Å². The number of rotatable bonds is 26. The second kappa shape index (κ2) is 25.4. The van der Waals surface area contributed by atoms with E-state index in [1.54, 1.807) is 46.2 Å². The maximum absolute atomic E-state index is 14.9. The van der Waals surface area contributed by atoms with Gasteiger partial charge in [-0.1, -0.05) is 36.4 Å². The molecule has 4 heterocycles. The van der Waals surface area contributed by atoms with Crippen molar-refractivity contribution in [1.29, 1.82) is 0 Å². The molecule has 7 rings (SSSR count). The maximum atomic E-state index is 14.9. The van der Waals surface area contributed by atoms with Gasteiger partial charge < -0.3 is 43.5 Å². The average molecular weight is 957 g/mol. The Bertz CT molecular complexity index is 2390. The number of piperidine rings is 1. The van der Waals surface area contributed by atoms with Crippen molar-refractivity contribution in [3.63, 3.8) is 0 Å². The number of amides is 6. The number of halogens is 1. The molecule has 2 N–H and O–H groups in total. The van der Waals surface area contributed by atoms with Gasteiger partial charge >= 0.3 is 0 Å². The first-order chi connectivity index (χ1) is 33.6. The highest BCUT2D eigenvalue weighted by atomic mass is 19.1. The number of anilines is 1. The molecule has 1 unspecified atom stereocenters. The number of imide groups is 2. The number of carbonyl (C=O) groups excluding carboxylic acids is 7. The fraction of sp³-hybridized carbons (Fsp3) is 0.469. The third-order valence-electron chi connectivity index (χ3n) is 11.9. The summed E-state index contributed by atoms with van der Waals surface area (Å²) in [5, 5.41) is 5.32. The molecule has 4 aliphatic heterocycles. The topological polar surface area (TPSA) is 221 Å². The summed E-state index contributed by atoms with van der Waals surface area (Å²) in [6.45, 7) is 5.85. The van der Waals surface area contributed by atoms with E-state index in [1.165, 1.54) is 6.07 Å². The van der Waals surface area contributed by atoms with Crippen LogP contribution in [0.25, 0.3) is 0 Å². The number of carbonyl (C=O) groups is 7. The minimum Gasteiger partial charge on any atom is -0.382 e. The van der Waals surface area contributed by atoms with Crippen LogP contribution in [0, 0.1) is 5.82 Å². The number of ketones is 1. The van der Waals surface area contributed by atoms with Crippen LogP contribution in [0.4, 0.5) is 10.1 Å². The summed E-state index contributed by atoms with van der Waals surface area (Å²) >= 11 is 0. The smallest absolute Gasteiger partial charge is 0.264 e. The molecule has 1 atom stereocenters. The number of aliphatic imine (C=N–C) groups is 1. The van der Waals surface area contributed by atoms with Gasteiger partial charge in [-0.25, -0.2) is 4.39 Å². The van der Waals surface area contributed by atoms with E-state index in [0.29, 0.717) is 116 Å². The van der Waals surface area contributed by atoms with Gasteiger partial charge in [0.1, 0.15) is 18.4 Å². The van der Waals surface area contributed by atoms with Gasteiger partial charge in [0, 0.05) is 68.1 Å². The van der Waals surface area contributed by atoms with Crippen LogP contribution in [-0.4, -0.2) is 186 Å². The van der Waals surface area contributed by atoms with E-state index < -0.39 is 41.4 Å². The fourth-order valence-corrected chi connectivity index (χ4v) is 8.27. The van der Waals surface area contributed by atoms with E-state index in [1.807, 2.05) is 18.2 Å². The monoisotopic (exact) mass is 956 g/mol. The molecule has 0 spiro atoms. The van der Waals surface area contributed by atoms with E-state index in [9.17, 15) is 38.0 Å². The lowest BCUT2D eigenvalue weighted by atomic mass is 9.92. The van der Waals surface area contributed by atoms with Crippen molar-refractivity contribution in [1.82, 2.24) is 20.0 Å². The molecule has 20 heteroatoms. The van der Waals surface area contributed by atoms with E-state index in [2.05, 4.69) is 15.6 Å². The van der Waals surface area contributed by atoms with Gasteiger partial charge in [0.15, 0.2) is 5.78 Å². The molecular formula is C49H57FN6O13. The molecule has 0 saturated carbocycles. The molecule has 69 heavy (non-hydrogen) atoms. The second-order valence-electron chi connectivity index (χ2n) is 16.4. The summed E-state index contributed by atoms with van der Waals surface area (Å²) in [5.74, 6) is -3.41. The molecule has 0 bridgehead atoms. The van der Waals surface area contributed by atoms with Crippen LogP contribution in [0.1, 0.15) is 71.8 Å². The van der Waals surface area contributed by atoms with Crippen molar-refractivity contribution in [3.05, 3.63) is 99.9 Å². The molecule has 368 valence electrons. The molecule has 4 aliphatic rings. The van der Waals surface area contributed by atoms with Crippen molar-refractivity contribution in [2.24, 2.45) is 4.99 Å². The summed E-state index contributed by atoms with van der Waals surface area (Å²) < 4.78 is 48.2. The molecule has 0 radical (unpaired) electrons. The number of nitrogens with one attached hydrogen (secondary N) is 2. The molecular weight excluding hydrogens is 900 g/mol. The summed E-state index contributed by atoms with van der Waals surface area (Å²) in [4.78, 5) is 97.2. The van der Waals surface area contributed by atoms with Crippen molar-refractivity contribution in [3.8, 4) is 0 Å². The minimum atomic E-state index is -1.03. The Morgan fingerprint density at radius 3 is 1.93 bits per heavy atom. The second-order valence-corrected chi connectivity index (χ2v) is 16.4. The first-order valence-electron chi connectivity index (χ1n) is 23.2. The number of ether oxygens (including phenoxy) is 6. The van der Waals surface area contributed by atoms with Crippen molar-refractivity contribution < 1.29 is 66.4 Å². The van der Waals surface area contributed by atoms with Crippen LogP contribution in [0.15, 0.2) is 65.7 Å². The minimum absolute atomic E-state index is 0.0340. The lowest BCUT2D eigenvalue weighted by molar-refractivity contribution is -0.136. The first-order valence-corrected chi connectivity index (χ1v) is 23.2. The maximum Gasteiger partial charge on any atom is 0.264 e. The van der Waals surface area contributed by atoms with Crippen molar-refractivity contribution in [2.75, 3.05) is 124 Å². The van der Waals surface area contributed by atoms with E-state index >= 15 is 0 Å². The number of hydrogen-bond donors (Lipinski definition) is 2. The van der Waals surface area contributed by atoms with Crippen molar-refractivity contribution >= 4 is 52.6 Å². The Kier molecular flexibility index (Phi) is 18.6. The molecule has 0 aliphatic carbocycles. The normalized spacial score (nSPS) is 16.9. The number of Topliss-reactive ketones (excluding diaryl/α,β-unsaturated/α-hetero) is 1. The molecule has 6 amide bonds. The zero-order valence-corrected chi connectivity index (χ0v) is 38.4. The summed E-state index contributed by atoms with van der Waals surface area (Å²) in [7, 11) is 0. The predicted octanol–water partition coefficient (Wildman–Crippen LogP) is 2.34. The number of nitrogens with zero attached hydrogens (tertiary/aromatic N) is 4. The Morgan fingerprint density at radius 1 is 0.681 bits per heavy atom. The third kappa shape index (κ3) is 13.5. The standard InChI is InChI=1S/C49H57FN6O13/c50-38-9-8-33(31-40-34-4-1-2-5-35(34)42(57)32-52-40)30-37(38)47(61)55-16-14-54(15-17-55)44(59)12-18-64-20-22-66-24-26-68-28-29-69-27-25-67-23-21-65-19-13-51-39-7-3-6-36-45(39)49(63)56(48(36)62)41-10-11-43(58)53-46(41)60/h1-9,30,41,51H,10-29,31-32H2,(H,53,58,60). The number of fused-ring (bicyclic) bond motifs is 2. The fourth-order valence-electron chi connectivity index (χ4n) is 8.27. The van der Waals surface area contributed by atoms with Gasteiger partial charge in [0.05, 0.1) is 102 Å². The summed E-state index contributed by atoms with van der Waals surface area (Å²) in [5.41, 5.74) is 3.61. The predicted molar refractivity (Wildman–Crippen MR) is 246 cm³/mol. The van der Waals surface area contributed by atoms with E-state index in [-0.39, 0.29) is 73.9 Å². The Morgan fingerprint density at radius 2 is 1.28 bits per heavy atom. The lowest BCUT2D eigenvalue weighted by Crippen LogP contribution is -2.54. The zero-order valence-electron chi connectivity index (χ0n) is 38.4. The summed E-state index contributed by atoms with van der Waals surface area (Å²) in [6, 6.07) is 15.6. The highest BCUT2D eigenvalue weighted by molar-refractivity contribution is 6.25. The van der Waals surface area contributed by atoms with Crippen LogP contribution in [0.2, 0.25) is 0 Å². The number of piperazine rings is 1. The first kappa shape index (κ1) is 50.6. The lowest BCUT2D eigenvalue weighted by Gasteiger charge is -2.35. The van der Waals surface area contributed by atoms with Crippen LogP contribution in [0.3, 0.4) is 0 Å². The molecule has 3 aromatic rings. The Labute approximate surface area is 398 Å². The van der Waals surface area contributed by atoms with E-state index in [0.717, 1.165) is 16.2 Å².